The zero-order chi connectivity index (χ0) is 16.4. The number of nitrogens with one attached hydrogen (secondary N) is 1. The van der Waals surface area contributed by atoms with E-state index in [9.17, 15) is 9.59 Å². The Morgan fingerprint density at radius 2 is 1.91 bits per heavy atom. The average molecular weight is 329 g/mol. The van der Waals surface area contributed by atoms with Crippen LogP contribution in [-0.2, 0) is 17.8 Å². The lowest BCUT2D eigenvalue weighted by atomic mass is 10.1. The fourth-order valence-corrected chi connectivity index (χ4v) is 2.90. The molecule has 4 nitrogen and oxygen atoms in total. The molecule has 2 amide bonds. The molecule has 2 aromatic carbocycles. The molecular weight excluding hydrogens is 312 g/mol. The molecule has 0 bridgehead atoms. The minimum atomic E-state index is -0.132. The van der Waals surface area contributed by atoms with E-state index in [-0.39, 0.29) is 11.8 Å². The topological polar surface area (TPSA) is 49.4 Å². The molecule has 0 atom stereocenters. The van der Waals surface area contributed by atoms with Crippen LogP contribution >= 0.6 is 11.6 Å². The lowest BCUT2D eigenvalue weighted by Gasteiger charge is -2.15. The molecule has 0 spiro atoms. The standard InChI is InChI=1S/C18H17ClN2O2/c1-12(22)21-9-8-15-10-13(2-7-17(15)21)11-20-18(23)14-3-5-16(19)6-4-14/h2-7,10H,8-9,11H2,1H3,(H,20,23). The molecule has 5 heteroatoms. The molecule has 1 N–H and O–H groups in total. The van der Waals surface area contributed by atoms with Crippen molar-refractivity contribution in [2.24, 2.45) is 0 Å². The fraction of sp³-hybridized carbons (Fsp3) is 0.222. The smallest absolute Gasteiger partial charge is 0.251 e. The third-order valence-electron chi connectivity index (χ3n) is 3.98. The second-order valence-electron chi connectivity index (χ2n) is 5.57. The van der Waals surface area contributed by atoms with Gasteiger partial charge in [-0.2, -0.15) is 0 Å². The summed E-state index contributed by atoms with van der Waals surface area (Å²) in [6.07, 6.45) is 0.855. The Morgan fingerprint density at radius 3 is 2.61 bits per heavy atom. The largest absolute Gasteiger partial charge is 0.348 e. The van der Waals surface area contributed by atoms with Crippen LogP contribution in [0.3, 0.4) is 0 Å². The van der Waals surface area contributed by atoms with Crippen molar-refractivity contribution in [3.05, 3.63) is 64.2 Å². The van der Waals surface area contributed by atoms with Crippen LogP contribution in [0, 0.1) is 0 Å². The molecule has 0 saturated carbocycles. The molecule has 3 rings (SSSR count). The Labute approximate surface area is 140 Å². The van der Waals surface area contributed by atoms with Crippen molar-refractivity contribution >= 4 is 29.1 Å². The van der Waals surface area contributed by atoms with Gasteiger partial charge >= 0.3 is 0 Å². The maximum absolute atomic E-state index is 12.1. The number of nitrogens with zero attached hydrogens (tertiary/aromatic N) is 1. The first-order chi connectivity index (χ1) is 11.0. The molecular formula is C18H17ClN2O2. The summed E-state index contributed by atoms with van der Waals surface area (Å²) in [6, 6.07) is 12.7. The number of halogens is 1. The van der Waals surface area contributed by atoms with Crippen LogP contribution in [0.15, 0.2) is 42.5 Å². The Bertz CT molecular complexity index is 756. The van der Waals surface area contributed by atoms with Crippen molar-refractivity contribution in [3.8, 4) is 0 Å². The number of rotatable bonds is 3. The highest BCUT2D eigenvalue weighted by Crippen LogP contribution is 2.28. The summed E-state index contributed by atoms with van der Waals surface area (Å²) in [6.45, 7) is 2.76. The van der Waals surface area contributed by atoms with E-state index in [1.165, 1.54) is 0 Å². The molecule has 1 aliphatic heterocycles. The predicted octanol–water partition coefficient (Wildman–Crippen LogP) is 3.18. The van der Waals surface area contributed by atoms with Gasteiger partial charge in [-0.05, 0) is 47.9 Å². The van der Waals surface area contributed by atoms with Gasteiger partial charge in [0, 0.05) is 36.3 Å². The summed E-state index contributed by atoms with van der Waals surface area (Å²) in [7, 11) is 0. The van der Waals surface area contributed by atoms with E-state index in [1.807, 2.05) is 12.1 Å². The maximum Gasteiger partial charge on any atom is 0.251 e. The minimum absolute atomic E-state index is 0.0625. The summed E-state index contributed by atoms with van der Waals surface area (Å²) in [4.78, 5) is 25.4. The summed E-state index contributed by atoms with van der Waals surface area (Å²) >= 11 is 5.82. The summed E-state index contributed by atoms with van der Waals surface area (Å²) in [5.41, 5.74) is 3.73. The monoisotopic (exact) mass is 328 g/mol. The van der Waals surface area contributed by atoms with E-state index in [2.05, 4.69) is 11.4 Å². The maximum atomic E-state index is 12.1. The average Bonchev–Trinajstić information content (AvgIpc) is 2.96. The molecule has 1 aliphatic rings. The van der Waals surface area contributed by atoms with Crippen molar-refractivity contribution in [2.75, 3.05) is 11.4 Å². The molecule has 23 heavy (non-hydrogen) atoms. The van der Waals surface area contributed by atoms with Crippen LogP contribution in [0.2, 0.25) is 5.02 Å². The molecule has 118 valence electrons. The molecule has 0 saturated heterocycles. The van der Waals surface area contributed by atoms with Gasteiger partial charge in [-0.1, -0.05) is 23.7 Å². The van der Waals surface area contributed by atoms with Crippen LogP contribution in [-0.4, -0.2) is 18.4 Å². The zero-order valence-corrected chi connectivity index (χ0v) is 13.6. The van der Waals surface area contributed by atoms with Gasteiger partial charge in [0.25, 0.3) is 5.91 Å². The van der Waals surface area contributed by atoms with E-state index in [0.717, 1.165) is 29.8 Å². The Morgan fingerprint density at radius 1 is 1.17 bits per heavy atom. The number of amides is 2. The van der Waals surface area contributed by atoms with Crippen LogP contribution < -0.4 is 10.2 Å². The van der Waals surface area contributed by atoms with Crippen LogP contribution in [0.25, 0.3) is 0 Å². The van der Waals surface area contributed by atoms with Gasteiger partial charge in [0.2, 0.25) is 5.91 Å². The lowest BCUT2D eigenvalue weighted by molar-refractivity contribution is -0.116. The number of hydrogen-bond donors (Lipinski definition) is 1. The molecule has 0 fully saturated rings. The molecule has 1 heterocycles. The van der Waals surface area contributed by atoms with Crippen LogP contribution in [0.1, 0.15) is 28.4 Å². The molecule has 2 aromatic rings. The van der Waals surface area contributed by atoms with Gasteiger partial charge in [-0.25, -0.2) is 0 Å². The van der Waals surface area contributed by atoms with Gasteiger partial charge in [0.15, 0.2) is 0 Å². The number of anilines is 1. The van der Waals surface area contributed by atoms with E-state index < -0.39 is 0 Å². The Kier molecular flexibility index (Phi) is 4.35. The van der Waals surface area contributed by atoms with Gasteiger partial charge in [0.1, 0.15) is 0 Å². The molecule has 0 radical (unpaired) electrons. The number of hydrogen-bond acceptors (Lipinski definition) is 2. The van der Waals surface area contributed by atoms with Crippen LogP contribution in [0.4, 0.5) is 5.69 Å². The van der Waals surface area contributed by atoms with Gasteiger partial charge in [-0.3, -0.25) is 9.59 Å². The SMILES string of the molecule is CC(=O)N1CCc2cc(CNC(=O)c3ccc(Cl)cc3)ccc21. The van der Waals surface area contributed by atoms with E-state index in [0.29, 0.717) is 17.1 Å². The Hall–Kier alpha value is -2.33. The summed E-state index contributed by atoms with van der Waals surface area (Å²) in [5, 5.41) is 3.50. The first-order valence-electron chi connectivity index (χ1n) is 7.48. The van der Waals surface area contributed by atoms with E-state index in [1.54, 1.807) is 36.1 Å². The molecule has 0 aromatic heterocycles. The fourth-order valence-electron chi connectivity index (χ4n) is 2.78. The first kappa shape index (κ1) is 15.6. The third-order valence-corrected chi connectivity index (χ3v) is 4.23. The molecule has 0 unspecified atom stereocenters. The number of carbonyl (C=O) groups excluding carboxylic acids is 2. The highest BCUT2D eigenvalue weighted by atomic mass is 35.5. The van der Waals surface area contributed by atoms with Gasteiger partial charge in [0.05, 0.1) is 0 Å². The van der Waals surface area contributed by atoms with Crippen molar-refractivity contribution in [3.63, 3.8) is 0 Å². The van der Waals surface area contributed by atoms with Gasteiger partial charge in [-0.15, -0.1) is 0 Å². The third kappa shape index (κ3) is 3.37. The number of fused-ring (bicyclic) bond motifs is 1. The Balaban J connectivity index is 1.66. The predicted molar refractivity (Wildman–Crippen MR) is 90.8 cm³/mol. The van der Waals surface area contributed by atoms with Crippen LogP contribution in [0.5, 0.6) is 0 Å². The van der Waals surface area contributed by atoms with E-state index >= 15 is 0 Å². The highest BCUT2D eigenvalue weighted by molar-refractivity contribution is 6.30. The van der Waals surface area contributed by atoms with Crippen molar-refractivity contribution in [1.29, 1.82) is 0 Å². The van der Waals surface area contributed by atoms with Gasteiger partial charge < -0.3 is 10.2 Å². The van der Waals surface area contributed by atoms with Crippen molar-refractivity contribution in [2.45, 2.75) is 19.9 Å². The van der Waals surface area contributed by atoms with E-state index in [4.69, 9.17) is 11.6 Å². The molecule has 0 aliphatic carbocycles. The van der Waals surface area contributed by atoms with Crippen molar-refractivity contribution < 1.29 is 9.59 Å². The number of carbonyl (C=O) groups is 2. The number of benzene rings is 2. The normalized spacial score (nSPS) is 12.9. The second-order valence-corrected chi connectivity index (χ2v) is 6.01. The quantitative estimate of drug-likeness (QED) is 0.940. The lowest BCUT2D eigenvalue weighted by Crippen LogP contribution is -2.25. The summed E-state index contributed by atoms with van der Waals surface area (Å²) in [5.74, 6) is -0.0694. The minimum Gasteiger partial charge on any atom is -0.348 e. The zero-order valence-electron chi connectivity index (χ0n) is 12.8. The first-order valence-corrected chi connectivity index (χ1v) is 7.86. The summed E-state index contributed by atoms with van der Waals surface area (Å²) < 4.78 is 0. The highest BCUT2D eigenvalue weighted by Gasteiger charge is 2.22. The second kappa shape index (κ2) is 6.42. The van der Waals surface area contributed by atoms with Crippen molar-refractivity contribution in [1.82, 2.24) is 5.32 Å².